The van der Waals surface area contributed by atoms with Gasteiger partial charge in [-0.3, -0.25) is 0 Å². The summed E-state index contributed by atoms with van der Waals surface area (Å²) in [7, 11) is 0. The van der Waals surface area contributed by atoms with Crippen molar-refractivity contribution in [2.24, 2.45) is 0 Å². The first-order chi connectivity index (χ1) is 8.25. The molecule has 0 amide bonds. The summed E-state index contributed by atoms with van der Waals surface area (Å²) >= 11 is 0. The third-order valence-electron chi connectivity index (χ3n) is 2.85. The van der Waals surface area contributed by atoms with Gasteiger partial charge in [0.25, 0.3) is 0 Å². The third-order valence-corrected chi connectivity index (χ3v) is 2.85. The number of ether oxygens (including phenoxy) is 2. The summed E-state index contributed by atoms with van der Waals surface area (Å²) in [5, 5.41) is 3.42. The van der Waals surface area contributed by atoms with Gasteiger partial charge in [-0.05, 0) is 6.07 Å². The summed E-state index contributed by atoms with van der Waals surface area (Å²) in [4.78, 5) is 0. The second kappa shape index (κ2) is 6.03. The molecule has 1 saturated heterocycles. The van der Waals surface area contributed by atoms with Crippen molar-refractivity contribution >= 4 is 0 Å². The minimum atomic E-state index is 0.218. The van der Waals surface area contributed by atoms with E-state index in [0.29, 0.717) is 12.6 Å². The predicted molar refractivity (Wildman–Crippen MR) is 68.3 cm³/mol. The molecule has 0 radical (unpaired) electrons. The van der Waals surface area contributed by atoms with Gasteiger partial charge in [-0.15, -0.1) is 0 Å². The Labute approximate surface area is 103 Å². The number of para-hydroxylation sites is 1. The molecule has 0 saturated carbocycles. The van der Waals surface area contributed by atoms with Crippen molar-refractivity contribution in [2.75, 3.05) is 13.2 Å². The van der Waals surface area contributed by atoms with Crippen molar-refractivity contribution in [3.8, 4) is 5.75 Å². The van der Waals surface area contributed by atoms with Crippen LogP contribution < -0.4 is 10.1 Å². The second-order valence-electron chi connectivity index (χ2n) is 4.75. The standard InChI is InChI=1S/C14H21NO2/c1-11(2)15-9-12-5-3-4-6-14(12)17-13-7-8-16-10-13/h3-6,11,13,15H,7-10H2,1-2H3. The van der Waals surface area contributed by atoms with E-state index < -0.39 is 0 Å². The van der Waals surface area contributed by atoms with Crippen LogP contribution in [-0.4, -0.2) is 25.4 Å². The number of nitrogens with one attached hydrogen (secondary N) is 1. The van der Waals surface area contributed by atoms with E-state index in [1.54, 1.807) is 0 Å². The van der Waals surface area contributed by atoms with Gasteiger partial charge in [0.1, 0.15) is 11.9 Å². The Bertz CT molecular complexity index is 346. The minimum absolute atomic E-state index is 0.218. The van der Waals surface area contributed by atoms with Crippen LogP contribution in [0.4, 0.5) is 0 Å². The van der Waals surface area contributed by atoms with E-state index in [0.717, 1.165) is 25.3 Å². The van der Waals surface area contributed by atoms with Gasteiger partial charge in [0, 0.05) is 24.6 Å². The highest BCUT2D eigenvalue weighted by Crippen LogP contribution is 2.21. The van der Waals surface area contributed by atoms with Crippen LogP contribution in [0.5, 0.6) is 5.75 Å². The Hall–Kier alpha value is -1.06. The number of rotatable bonds is 5. The van der Waals surface area contributed by atoms with Crippen molar-refractivity contribution in [2.45, 2.75) is 39.0 Å². The van der Waals surface area contributed by atoms with Crippen molar-refractivity contribution in [3.63, 3.8) is 0 Å². The molecule has 1 atom stereocenters. The maximum Gasteiger partial charge on any atom is 0.124 e. The molecule has 17 heavy (non-hydrogen) atoms. The SMILES string of the molecule is CC(C)NCc1ccccc1OC1CCOC1. The van der Waals surface area contributed by atoms with Crippen LogP contribution >= 0.6 is 0 Å². The van der Waals surface area contributed by atoms with Gasteiger partial charge in [-0.25, -0.2) is 0 Å². The van der Waals surface area contributed by atoms with Crippen LogP contribution in [-0.2, 0) is 11.3 Å². The summed E-state index contributed by atoms with van der Waals surface area (Å²) in [6.07, 6.45) is 1.21. The predicted octanol–water partition coefficient (Wildman–Crippen LogP) is 2.35. The van der Waals surface area contributed by atoms with Crippen LogP contribution in [0.15, 0.2) is 24.3 Å². The topological polar surface area (TPSA) is 30.5 Å². The smallest absolute Gasteiger partial charge is 0.124 e. The zero-order valence-electron chi connectivity index (χ0n) is 10.6. The van der Waals surface area contributed by atoms with E-state index in [-0.39, 0.29) is 6.10 Å². The van der Waals surface area contributed by atoms with Gasteiger partial charge in [-0.1, -0.05) is 32.0 Å². The molecule has 0 spiro atoms. The normalized spacial score (nSPS) is 19.8. The van der Waals surface area contributed by atoms with Gasteiger partial charge >= 0.3 is 0 Å². The summed E-state index contributed by atoms with van der Waals surface area (Å²) in [6.45, 7) is 6.67. The number of hydrogen-bond acceptors (Lipinski definition) is 3. The summed E-state index contributed by atoms with van der Waals surface area (Å²) in [6, 6.07) is 8.70. The second-order valence-corrected chi connectivity index (χ2v) is 4.75. The highest BCUT2D eigenvalue weighted by molar-refractivity contribution is 5.33. The van der Waals surface area contributed by atoms with E-state index in [4.69, 9.17) is 9.47 Å². The molecule has 1 aromatic rings. The lowest BCUT2D eigenvalue weighted by Gasteiger charge is -2.16. The first kappa shape index (κ1) is 12.4. The molecule has 0 aromatic heterocycles. The van der Waals surface area contributed by atoms with Crippen LogP contribution in [0.3, 0.4) is 0 Å². The Balaban J connectivity index is 1.99. The quantitative estimate of drug-likeness (QED) is 0.850. The van der Waals surface area contributed by atoms with Crippen molar-refractivity contribution in [1.29, 1.82) is 0 Å². The maximum absolute atomic E-state index is 5.97. The minimum Gasteiger partial charge on any atom is -0.488 e. The maximum atomic E-state index is 5.97. The van der Waals surface area contributed by atoms with Crippen LogP contribution in [0.1, 0.15) is 25.8 Å². The molecule has 1 N–H and O–H groups in total. The third kappa shape index (κ3) is 3.72. The van der Waals surface area contributed by atoms with Crippen LogP contribution in [0.2, 0.25) is 0 Å². The highest BCUT2D eigenvalue weighted by Gasteiger charge is 2.18. The molecule has 1 fully saturated rings. The van der Waals surface area contributed by atoms with E-state index in [2.05, 4.69) is 31.3 Å². The Kier molecular flexibility index (Phi) is 4.40. The lowest BCUT2D eigenvalue weighted by Crippen LogP contribution is -2.23. The molecule has 1 unspecified atom stereocenters. The Morgan fingerprint density at radius 1 is 1.41 bits per heavy atom. The number of benzene rings is 1. The summed E-state index contributed by atoms with van der Waals surface area (Å²) in [5.41, 5.74) is 1.22. The van der Waals surface area contributed by atoms with E-state index >= 15 is 0 Å². The fourth-order valence-corrected chi connectivity index (χ4v) is 1.86. The fourth-order valence-electron chi connectivity index (χ4n) is 1.86. The largest absolute Gasteiger partial charge is 0.488 e. The molecular weight excluding hydrogens is 214 g/mol. The highest BCUT2D eigenvalue weighted by atomic mass is 16.5. The molecule has 94 valence electrons. The van der Waals surface area contributed by atoms with E-state index in [9.17, 15) is 0 Å². The van der Waals surface area contributed by atoms with Crippen molar-refractivity contribution in [3.05, 3.63) is 29.8 Å². The van der Waals surface area contributed by atoms with Crippen LogP contribution in [0, 0.1) is 0 Å². The number of hydrogen-bond donors (Lipinski definition) is 1. The molecule has 1 aromatic carbocycles. The molecular formula is C14H21NO2. The first-order valence-electron chi connectivity index (χ1n) is 6.31. The van der Waals surface area contributed by atoms with Gasteiger partial charge in [0.15, 0.2) is 0 Å². The van der Waals surface area contributed by atoms with E-state index in [1.165, 1.54) is 5.56 Å². The molecule has 2 rings (SSSR count). The molecule has 3 nitrogen and oxygen atoms in total. The summed E-state index contributed by atoms with van der Waals surface area (Å²) in [5.74, 6) is 0.983. The van der Waals surface area contributed by atoms with Gasteiger partial charge in [-0.2, -0.15) is 0 Å². The van der Waals surface area contributed by atoms with Gasteiger partial charge in [0.2, 0.25) is 0 Å². The molecule has 0 bridgehead atoms. The first-order valence-corrected chi connectivity index (χ1v) is 6.31. The lowest BCUT2D eigenvalue weighted by molar-refractivity contribution is 0.140. The molecule has 0 aliphatic carbocycles. The van der Waals surface area contributed by atoms with E-state index in [1.807, 2.05) is 12.1 Å². The molecule has 1 aliphatic heterocycles. The monoisotopic (exact) mass is 235 g/mol. The average molecular weight is 235 g/mol. The summed E-state index contributed by atoms with van der Waals surface area (Å²) < 4.78 is 11.3. The van der Waals surface area contributed by atoms with Gasteiger partial charge < -0.3 is 14.8 Å². The fraction of sp³-hybridized carbons (Fsp3) is 0.571. The van der Waals surface area contributed by atoms with Crippen LogP contribution in [0.25, 0.3) is 0 Å². The van der Waals surface area contributed by atoms with Crippen molar-refractivity contribution < 1.29 is 9.47 Å². The lowest BCUT2D eigenvalue weighted by atomic mass is 10.2. The van der Waals surface area contributed by atoms with Crippen molar-refractivity contribution in [1.82, 2.24) is 5.32 Å². The molecule has 3 heteroatoms. The molecule has 1 aliphatic rings. The Morgan fingerprint density at radius 2 is 2.24 bits per heavy atom. The molecule has 1 heterocycles. The van der Waals surface area contributed by atoms with Gasteiger partial charge in [0.05, 0.1) is 13.2 Å². The Morgan fingerprint density at radius 3 is 2.94 bits per heavy atom. The zero-order valence-corrected chi connectivity index (χ0v) is 10.6. The zero-order chi connectivity index (χ0) is 12.1. The average Bonchev–Trinajstić information content (AvgIpc) is 2.80.